The molecule has 56 heavy (non-hydrogen) atoms. The Morgan fingerprint density at radius 3 is 1.50 bits per heavy atom. The van der Waals surface area contributed by atoms with Crippen molar-refractivity contribution in [2.75, 3.05) is 47.5 Å². The van der Waals surface area contributed by atoms with E-state index >= 15 is 0 Å². The molecule has 0 heterocycles. The zero-order chi connectivity index (χ0) is 41.4. The van der Waals surface area contributed by atoms with Crippen LogP contribution in [0.25, 0.3) is 0 Å². The molecule has 2 atom stereocenters. The van der Waals surface area contributed by atoms with Crippen LogP contribution in [0.15, 0.2) is 48.6 Å². The minimum atomic E-state index is -4.39. The molecule has 0 saturated carbocycles. The summed E-state index contributed by atoms with van der Waals surface area (Å²) in [5.74, 6) is -0.870. The van der Waals surface area contributed by atoms with Crippen LogP contribution in [0.3, 0.4) is 0 Å². The zero-order valence-corrected chi connectivity index (χ0v) is 37.5. The number of allylic oxidation sites excluding steroid dienone is 8. The van der Waals surface area contributed by atoms with Crippen LogP contribution in [0.4, 0.5) is 0 Å². The van der Waals surface area contributed by atoms with E-state index in [0.29, 0.717) is 23.9 Å². The lowest BCUT2D eigenvalue weighted by Crippen LogP contribution is -2.37. The molecular weight excluding hydrogens is 725 g/mol. The molecule has 0 aromatic heterocycles. The van der Waals surface area contributed by atoms with Gasteiger partial charge >= 0.3 is 19.8 Å². The van der Waals surface area contributed by atoms with Crippen LogP contribution >= 0.6 is 7.82 Å². The highest BCUT2D eigenvalue weighted by molar-refractivity contribution is 7.47. The van der Waals surface area contributed by atoms with Crippen molar-refractivity contribution in [3.8, 4) is 0 Å². The summed E-state index contributed by atoms with van der Waals surface area (Å²) in [5.41, 5.74) is 0. The van der Waals surface area contributed by atoms with Crippen LogP contribution in [0.2, 0.25) is 0 Å². The van der Waals surface area contributed by atoms with Gasteiger partial charge in [-0.2, -0.15) is 0 Å². The average molecular weight is 811 g/mol. The molecule has 0 aromatic carbocycles. The Balaban J connectivity index is 4.45. The summed E-state index contributed by atoms with van der Waals surface area (Å²) >= 11 is 0. The van der Waals surface area contributed by atoms with Gasteiger partial charge in [0.25, 0.3) is 0 Å². The number of carbonyl (C=O) groups is 2. The van der Waals surface area contributed by atoms with Crippen LogP contribution in [-0.4, -0.2) is 74.9 Å². The number of likely N-dealkylation sites (N-methyl/N-ethyl adjacent to an activating group) is 1. The minimum Gasteiger partial charge on any atom is -0.462 e. The van der Waals surface area contributed by atoms with E-state index in [9.17, 15) is 19.0 Å². The van der Waals surface area contributed by atoms with Gasteiger partial charge < -0.3 is 18.9 Å². The normalized spacial score (nSPS) is 14.0. The Morgan fingerprint density at radius 1 is 0.554 bits per heavy atom. The molecule has 10 heteroatoms. The molecule has 0 aliphatic heterocycles. The molecular formula is C46H85NO8P+. The first-order valence-corrected chi connectivity index (χ1v) is 23.9. The lowest BCUT2D eigenvalue weighted by Gasteiger charge is -2.24. The van der Waals surface area contributed by atoms with Crippen LogP contribution in [0, 0.1) is 0 Å². The number of hydrogen-bond donors (Lipinski definition) is 1. The first-order chi connectivity index (χ1) is 27.0. The Labute approximate surface area is 343 Å². The lowest BCUT2D eigenvalue weighted by molar-refractivity contribution is -0.870. The van der Waals surface area contributed by atoms with Crippen molar-refractivity contribution in [2.45, 2.75) is 187 Å². The highest BCUT2D eigenvalue weighted by atomic mass is 31.2. The van der Waals surface area contributed by atoms with Gasteiger partial charge in [0, 0.05) is 12.8 Å². The summed E-state index contributed by atoms with van der Waals surface area (Å²) < 4.78 is 34.2. The second-order valence-electron chi connectivity index (χ2n) is 16.1. The maximum Gasteiger partial charge on any atom is 0.472 e. The molecule has 0 aromatic rings. The number of phosphoric ester groups is 1. The third-order valence-electron chi connectivity index (χ3n) is 9.33. The number of rotatable bonds is 40. The van der Waals surface area contributed by atoms with Crippen molar-refractivity contribution < 1.29 is 42.1 Å². The second-order valence-corrected chi connectivity index (χ2v) is 17.5. The molecule has 0 rings (SSSR count). The maximum atomic E-state index is 12.7. The quantitative estimate of drug-likeness (QED) is 0.0214. The smallest absolute Gasteiger partial charge is 0.462 e. The molecule has 1 N–H and O–H groups in total. The van der Waals surface area contributed by atoms with Crippen LogP contribution in [-0.2, 0) is 32.7 Å². The first kappa shape index (κ1) is 54.0. The number of unbranched alkanes of at least 4 members (excludes halogenated alkanes) is 18. The molecule has 0 aliphatic rings. The zero-order valence-electron chi connectivity index (χ0n) is 36.6. The molecule has 9 nitrogen and oxygen atoms in total. The van der Waals surface area contributed by atoms with Gasteiger partial charge in [-0.1, -0.05) is 146 Å². The molecule has 0 bridgehead atoms. The van der Waals surface area contributed by atoms with Gasteiger partial charge in [0.15, 0.2) is 6.10 Å². The molecule has 0 spiro atoms. The van der Waals surface area contributed by atoms with Crippen molar-refractivity contribution >= 4 is 19.8 Å². The average Bonchev–Trinajstić information content (AvgIpc) is 3.15. The summed E-state index contributed by atoms with van der Waals surface area (Å²) in [6, 6.07) is 0. The van der Waals surface area contributed by atoms with Crippen molar-refractivity contribution in [3.05, 3.63) is 48.6 Å². The molecule has 1 unspecified atom stereocenters. The Bertz CT molecular complexity index is 1100. The van der Waals surface area contributed by atoms with E-state index in [-0.39, 0.29) is 26.1 Å². The largest absolute Gasteiger partial charge is 0.472 e. The monoisotopic (exact) mass is 811 g/mol. The van der Waals surface area contributed by atoms with Crippen LogP contribution in [0.1, 0.15) is 181 Å². The van der Waals surface area contributed by atoms with Gasteiger partial charge in [-0.05, 0) is 70.6 Å². The standard InChI is InChI=1S/C46H84NO8P/c1-6-8-10-12-14-16-18-20-22-23-25-26-28-30-32-34-36-38-45(48)52-42-44(43-54-56(50,51)53-41-40-47(3,4)5)55-46(49)39-37-35-33-31-29-27-24-21-19-17-15-13-11-9-7-2/h20-22,24-26,30,32,44H,6-19,23,27-29,31,33-43H2,1-5H3/p+1/b22-20-,24-21-,26-25-,32-30-/t44-/m1/s1. The second kappa shape index (κ2) is 38.5. The SMILES string of the molecule is CCCCCCCC/C=C\C/C=C\C/C=C\CCCC(=O)OC[C@H](COP(=O)(O)OCC[N+](C)(C)C)OC(=O)CCCCCCC/C=C\CCCCCCCC. The highest BCUT2D eigenvalue weighted by Crippen LogP contribution is 2.43. The number of ether oxygens (including phenoxy) is 2. The van der Waals surface area contributed by atoms with Crippen molar-refractivity contribution in [1.82, 2.24) is 0 Å². The van der Waals surface area contributed by atoms with E-state index in [0.717, 1.165) is 57.8 Å². The number of hydrogen-bond acceptors (Lipinski definition) is 7. The molecule has 0 saturated heterocycles. The van der Waals surface area contributed by atoms with Gasteiger partial charge in [0.05, 0.1) is 27.7 Å². The number of quaternary nitrogens is 1. The Kier molecular flexibility index (Phi) is 37.1. The maximum absolute atomic E-state index is 12.7. The van der Waals surface area contributed by atoms with Crippen molar-refractivity contribution in [3.63, 3.8) is 0 Å². The van der Waals surface area contributed by atoms with E-state index in [1.165, 1.54) is 83.5 Å². The molecule has 0 aliphatic carbocycles. The minimum absolute atomic E-state index is 0.0215. The first-order valence-electron chi connectivity index (χ1n) is 22.4. The third kappa shape index (κ3) is 41.6. The van der Waals surface area contributed by atoms with Crippen molar-refractivity contribution in [2.24, 2.45) is 0 Å². The number of esters is 2. The van der Waals surface area contributed by atoms with E-state index in [1.807, 2.05) is 21.1 Å². The molecule has 326 valence electrons. The predicted molar refractivity (Wildman–Crippen MR) is 233 cm³/mol. The fraction of sp³-hybridized carbons (Fsp3) is 0.783. The predicted octanol–water partition coefficient (Wildman–Crippen LogP) is 12.7. The van der Waals surface area contributed by atoms with Gasteiger partial charge in [0.1, 0.15) is 19.8 Å². The lowest BCUT2D eigenvalue weighted by atomic mass is 10.1. The Hall–Kier alpha value is -2.03. The summed E-state index contributed by atoms with van der Waals surface area (Å²) in [4.78, 5) is 35.3. The van der Waals surface area contributed by atoms with E-state index in [1.54, 1.807) is 0 Å². The van der Waals surface area contributed by atoms with Crippen molar-refractivity contribution in [1.29, 1.82) is 0 Å². The number of carbonyl (C=O) groups excluding carboxylic acids is 2. The molecule has 0 fully saturated rings. The summed E-state index contributed by atoms with van der Waals surface area (Å²) in [5, 5.41) is 0. The fourth-order valence-corrected chi connectivity index (χ4v) is 6.53. The summed E-state index contributed by atoms with van der Waals surface area (Å²) in [6.45, 7) is 4.34. The molecule has 0 radical (unpaired) electrons. The van der Waals surface area contributed by atoms with Gasteiger partial charge in [0.2, 0.25) is 0 Å². The highest BCUT2D eigenvalue weighted by Gasteiger charge is 2.27. The Morgan fingerprint density at radius 2 is 0.982 bits per heavy atom. The van der Waals surface area contributed by atoms with Gasteiger partial charge in [-0.15, -0.1) is 0 Å². The fourth-order valence-electron chi connectivity index (χ4n) is 5.79. The molecule has 0 amide bonds. The van der Waals surface area contributed by atoms with Crippen LogP contribution in [0.5, 0.6) is 0 Å². The summed E-state index contributed by atoms with van der Waals surface area (Å²) in [6.07, 6.45) is 44.5. The van der Waals surface area contributed by atoms with E-state index in [2.05, 4.69) is 62.5 Å². The van der Waals surface area contributed by atoms with E-state index in [4.69, 9.17) is 18.5 Å². The summed E-state index contributed by atoms with van der Waals surface area (Å²) in [7, 11) is 1.44. The van der Waals surface area contributed by atoms with Gasteiger partial charge in [-0.3, -0.25) is 18.6 Å². The van der Waals surface area contributed by atoms with Gasteiger partial charge in [-0.25, -0.2) is 4.57 Å². The topological polar surface area (TPSA) is 108 Å². The van der Waals surface area contributed by atoms with E-state index < -0.39 is 32.5 Å². The third-order valence-corrected chi connectivity index (χ3v) is 10.3. The number of nitrogens with zero attached hydrogens (tertiary/aromatic N) is 1. The van der Waals surface area contributed by atoms with Crippen LogP contribution < -0.4 is 0 Å². The number of phosphoric acid groups is 1.